The molecule has 1 aliphatic carbocycles. The predicted molar refractivity (Wildman–Crippen MR) is 67.9 cm³/mol. The van der Waals surface area contributed by atoms with E-state index in [1.165, 1.54) is 0 Å². The van der Waals surface area contributed by atoms with Crippen LogP contribution in [0.25, 0.3) is 0 Å². The first-order chi connectivity index (χ1) is 8.71. The van der Waals surface area contributed by atoms with E-state index in [9.17, 15) is 4.79 Å². The Labute approximate surface area is 111 Å². The summed E-state index contributed by atoms with van der Waals surface area (Å²) in [5, 5.41) is 3.39. The molecular formula is C13H15ClN2O2. The van der Waals surface area contributed by atoms with Crippen LogP contribution < -0.4 is 10.1 Å². The number of ether oxygens (including phenoxy) is 1. The van der Waals surface area contributed by atoms with Crippen LogP contribution in [0.5, 0.6) is 5.88 Å². The number of nitrogens with one attached hydrogen (secondary N) is 1. The van der Waals surface area contributed by atoms with Crippen LogP contribution >= 0.6 is 11.6 Å². The molecule has 1 saturated heterocycles. The molecule has 3 atom stereocenters. The average Bonchev–Trinajstić information content (AvgIpc) is 2.80. The largest absolute Gasteiger partial charge is 0.467 e. The lowest BCUT2D eigenvalue weighted by Crippen LogP contribution is -2.56. The zero-order chi connectivity index (χ0) is 12.9. The Morgan fingerprint density at radius 3 is 2.94 bits per heavy atom. The van der Waals surface area contributed by atoms with Gasteiger partial charge in [-0.2, -0.15) is 0 Å². The number of nitrogens with zero attached hydrogens (tertiary/aromatic N) is 1. The molecule has 1 aromatic rings. The molecule has 3 heterocycles. The number of carbonyl (C=O) groups excluding carboxylic acids is 1. The standard InChI is InChI=1S/C11H9ClN2O2.C2H6/c12-7-2-1-5-8-9(15)13-6-3-4-11(6,8)16-10(5)14-7;1-2/h1-2,6,8H,3-4H2,(H,13,15);1-2H3. The highest BCUT2D eigenvalue weighted by molar-refractivity contribution is 6.29. The molecule has 3 aliphatic rings. The highest BCUT2D eigenvalue weighted by atomic mass is 35.5. The van der Waals surface area contributed by atoms with Crippen LogP contribution in [0.2, 0.25) is 5.15 Å². The Kier molecular flexibility index (Phi) is 2.52. The maximum Gasteiger partial charge on any atom is 0.232 e. The van der Waals surface area contributed by atoms with Gasteiger partial charge in [-0.15, -0.1) is 0 Å². The third-order valence-electron chi connectivity index (χ3n) is 3.93. The lowest BCUT2D eigenvalue weighted by Gasteiger charge is -2.41. The zero-order valence-electron chi connectivity index (χ0n) is 10.4. The molecular weight excluding hydrogens is 252 g/mol. The van der Waals surface area contributed by atoms with Gasteiger partial charge in [0.25, 0.3) is 0 Å². The van der Waals surface area contributed by atoms with Crippen molar-refractivity contribution in [2.45, 2.75) is 44.2 Å². The molecule has 2 aliphatic heterocycles. The maximum absolute atomic E-state index is 11.9. The van der Waals surface area contributed by atoms with Crippen molar-refractivity contribution in [3.8, 4) is 5.88 Å². The van der Waals surface area contributed by atoms with Crippen LogP contribution in [0.4, 0.5) is 0 Å². The van der Waals surface area contributed by atoms with Gasteiger partial charge in [0.2, 0.25) is 11.8 Å². The summed E-state index contributed by atoms with van der Waals surface area (Å²) in [6.07, 6.45) is 1.90. The number of hydrogen-bond acceptors (Lipinski definition) is 3. The minimum atomic E-state index is -0.364. The van der Waals surface area contributed by atoms with E-state index in [1.807, 2.05) is 19.9 Å². The van der Waals surface area contributed by atoms with Crippen molar-refractivity contribution in [2.24, 2.45) is 0 Å². The van der Waals surface area contributed by atoms with E-state index in [1.54, 1.807) is 6.07 Å². The fraction of sp³-hybridized carbons (Fsp3) is 0.538. The van der Waals surface area contributed by atoms with E-state index >= 15 is 0 Å². The Balaban J connectivity index is 0.000000478. The van der Waals surface area contributed by atoms with Gasteiger partial charge in [-0.05, 0) is 25.0 Å². The monoisotopic (exact) mass is 266 g/mol. The Bertz CT molecular complexity index is 520. The molecule has 3 unspecified atom stereocenters. The van der Waals surface area contributed by atoms with E-state index in [4.69, 9.17) is 16.3 Å². The third-order valence-corrected chi connectivity index (χ3v) is 4.14. The van der Waals surface area contributed by atoms with Gasteiger partial charge in [0, 0.05) is 5.56 Å². The Morgan fingerprint density at radius 1 is 1.50 bits per heavy atom. The molecule has 1 N–H and O–H groups in total. The minimum Gasteiger partial charge on any atom is -0.467 e. The summed E-state index contributed by atoms with van der Waals surface area (Å²) in [4.78, 5) is 16.1. The zero-order valence-corrected chi connectivity index (χ0v) is 11.1. The maximum atomic E-state index is 11.9. The van der Waals surface area contributed by atoms with Crippen molar-refractivity contribution in [1.82, 2.24) is 10.3 Å². The first-order valence-electron chi connectivity index (χ1n) is 6.36. The van der Waals surface area contributed by atoms with E-state index in [0.29, 0.717) is 11.0 Å². The Hall–Kier alpha value is -1.29. The summed E-state index contributed by atoms with van der Waals surface area (Å²) < 4.78 is 5.89. The number of pyridine rings is 1. The fourth-order valence-corrected chi connectivity index (χ4v) is 3.23. The quantitative estimate of drug-likeness (QED) is 0.733. The van der Waals surface area contributed by atoms with Crippen LogP contribution in [-0.2, 0) is 4.79 Å². The van der Waals surface area contributed by atoms with Gasteiger partial charge < -0.3 is 10.1 Å². The van der Waals surface area contributed by atoms with Crippen LogP contribution in [0.3, 0.4) is 0 Å². The van der Waals surface area contributed by atoms with Gasteiger partial charge in [-0.1, -0.05) is 25.4 Å². The molecule has 1 amide bonds. The summed E-state index contributed by atoms with van der Waals surface area (Å²) >= 11 is 5.82. The molecule has 1 saturated carbocycles. The fourth-order valence-electron chi connectivity index (χ4n) is 3.09. The highest BCUT2D eigenvalue weighted by Gasteiger charge is 2.67. The number of fused-ring (bicyclic) bond motifs is 2. The van der Waals surface area contributed by atoms with Gasteiger partial charge in [-0.3, -0.25) is 4.79 Å². The first-order valence-corrected chi connectivity index (χ1v) is 6.74. The second-order valence-electron chi connectivity index (χ2n) is 4.62. The summed E-state index contributed by atoms with van der Waals surface area (Å²) in [6.45, 7) is 4.00. The van der Waals surface area contributed by atoms with Crippen molar-refractivity contribution in [3.05, 3.63) is 22.8 Å². The normalized spacial score (nSPS) is 34.1. The average molecular weight is 267 g/mol. The molecule has 4 rings (SSSR count). The molecule has 5 heteroatoms. The number of aromatic nitrogens is 1. The molecule has 2 fully saturated rings. The van der Waals surface area contributed by atoms with Gasteiger partial charge in [0.05, 0.1) is 6.04 Å². The lowest BCUT2D eigenvalue weighted by atomic mass is 9.69. The van der Waals surface area contributed by atoms with Gasteiger partial charge in [0.1, 0.15) is 16.7 Å². The topological polar surface area (TPSA) is 51.2 Å². The summed E-state index contributed by atoms with van der Waals surface area (Å²) in [6, 6.07) is 3.71. The van der Waals surface area contributed by atoms with Gasteiger partial charge in [-0.25, -0.2) is 4.98 Å². The minimum absolute atomic E-state index is 0.0605. The van der Waals surface area contributed by atoms with Crippen LogP contribution in [0.15, 0.2) is 12.1 Å². The highest BCUT2D eigenvalue weighted by Crippen LogP contribution is 2.57. The molecule has 1 spiro atoms. The molecule has 1 aromatic heterocycles. The molecule has 0 radical (unpaired) electrons. The second-order valence-corrected chi connectivity index (χ2v) is 5.01. The third kappa shape index (κ3) is 1.27. The number of carbonyl (C=O) groups is 1. The summed E-state index contributed by atoms with van der Waals surface area (Å²) in [7, 11) is 0. The predicted octanol–water partition coefficient (Wildman–Crippen LogP) is 2.27. The summed E-state index contributed by atoms with van der Waals surface area (Å²) in [5.41, 5.74) is 0.515. The number of amides is 1. The smallest absolute Gasteiger partial charge is 0.232 e. The molecule has 0 aromatic carbocycles. The summed E-state index contributed by atoms with van der Waals surface area (Å²) in [5.74, 6) is 0.411. The van der Waals surface area contributed by atoms with Crippen molar-refractivity contribution in [3.63, 3.8) is 0 Å². The van der Waals surface area contributed by atoms with E-state index in [-0.39, 0.29) is 23.5 Å². The van der Waals surface area contributed by atoms with Gasteiger partial charge >= 0.3 is 0 Å². The molecule has 96 valence electrons. The van der Waals surface area contributed by atoms with E-state index in [2.05, 4.69) is 10.3 Å². The van der Waals surface area contributed by atoms with Crippen molar-refractivity contribution >= 4 is 17.5 Å². The van der Waals surface area contributed by atoms with Crippen LogP contribution in [0, 0.1) is 0 Å². The first kappa shape index (κ1) is 11.8. The Morgan fingerprint density at radius 2 is 2.28 bits per heavy atom. The molecule has 4 nitrogen and oxygen atoms in total. The van der Waals surface area contributed by atoms with E-state index in [0.717, 1.165) is 18.4 Å². The molecule has 0 bridgehead atoms. The lowest BCUT2D eigenvalue weighted by molar-refractivity contribution is -0.121. The van der Waals surface area contributed by atoms with Crippen molar-refractivity contribution in [1.29, 1.82) is 0 Å². The number of rotatable bonds is 0. The van der Waals surface area contributed by atoms with Crippen molar-refractivity contribution < 1.29 is 9.53 Å². The second kappa shape index (κ2) is 3.85. The SMILES string of the molecule is CC.O=C1NC2CCC23Oc2nc(Cl)ccc2C13. The number of hydrogen-bond donors (Lipinski definition) is 1. The number of halogens is 1. The van der Waals surface area contributed by atoms with Crippen molar-refractivity contribution in [2.75, 3.05) is 0 Å². The van der Waals surface area contributed by atoms with Gasteiger partial charge in [0.15, 0.2) is 0 Å². The van der Waals surface area contributed by atoms with E-state index < -0.39 is 0 Å². The van der Waals surface area contributed by atoms with Crippen LogP contribution in [0.1, 0.15) is 38.2 Å². The van der Waals surface area contributed by atoms with Crippen LogP contribution in [-0.4, -0.2) is 22.5 Å². The molecule has 18 heavy (non-hydrogen) atoms.